The van der Waals surface area contributed by atoms with Gasteiger partial charge in [-0.15, -0.1) is 0 Å². The zero-order chi connectivity index (χ0) is 15.4. The molecule has 3 aromatic carbocycles. The number of rotatable bonds is 4. The zero-order valence-corrected chi connectivity index (χ0v) is 12.8. The number of hydrogen-bond donors (Lipinski definition) is 1. The molecule has 0 heterocycles. The average Bonchev–Trinajstić information content (AvgIpc) is 2.58. The first-order valence-electron chi connectivity index (χ1n) is 6.98. The van der Waals surface area contributed by atoms with E-state index < -0.39 is 7.72 Å². The number of aromatic hydroxyl groups is 1. The van der Waals surface area contributed by atoms with E-state index in [0.717, 1.165) is 0 Å². The second-order valence-corrected chi connectivity index (χ2v) is 7.51. The molecular formula is C18H16O3P. The Hall–Kier alpha value is -2.35. The summed E-state index contributed by atoms with van der Waals surface area (Å²) in [6, 6.07) is 24.7. The van der Waals surface area contributed by atoms with Crippen LogP contribution in [0.25, 0.3) is 0 Å². The SMILES string of the molecule is [O][PH](Oc1ccccc1O)(c1ccccc1)c1ccccc1. The molecular weight excluding hydrogens is 295 g/mol. The van der Waals surface area contributed by atoms with Crippen molar-refractivity contribution in [2.75, 3.05) is 0 Å². The fraction of sp³-hybridized carbons (Fsp3) is 0. The summed E-state index contributed by atoms with van der Waals surface area (Å²) in [5.74, 6) is 0.193. The van der Waals surface area contributed by atoms with Gasteiger partial charge >= 0.3 is 129 Å². The maximum atomic E-state index is 13.6. The van der Waals surface area contributed by atoms with Gasteiger partial charge in [0.2, 0.25) is 0 Å². The summed E-state index contributed by atoms with van der Waals surface area (Å²) in [4.78, 5) is 13.6. The molecule has 0 spiro atoms. The van der Waals surface area contributed by atoms with E-state index >= 15 is 0 Å². The number of hydrogen-bond acceptors (Lipinski definition) is 2. The number of phenolic OH excluding ortho intramolecular Hbond substituents is 1. The van der Waals surface area contributed by atoms with Crippen LogP contribution in [0.1, 0.15) is 0 Å². The van der Waals surface area contributed by atoms with Crippen LogP contribution in [0.2, 0.25) is 0 Å². The summed E-state index contributed by atoms with van der Waals surface area (Å²) in [6.07, 6.45) is 0. The summed E-state index contributed by atoms with van der Waals surface area (Å²) in [6.45, 7) is 0. The van der Waals surface area contributed by atoms with E-state index in [4.69, 9.17) is 4.52 Å². The van der Waals surface area contributed by atoms with Gasteiger partial charge in [0.15, 0.2) is 0 Å². The molecule has 22 heavy (non-hydrogen) atoms. The second kappa shape index (κ2) is 6.18. The first kappa shape index (κ1) is 14.6. The molecule has 0 unspecified atom stereocenters. The second-order valence-electron chi connectivity index (χ2n) is 4.92. The molecule has 0 aliphatic carbocycles. The van der Waals surface area contributed by atoms with Crippen LogP contribution in [0.15, 0.2) is 84.9 Å². The van der Waals surface area contributed by atoms with E-state index in [-0.39, 0.29) is 11.5 Å². The summed E-state index contributed by atoms with van der Waals surface area (Å²) in [5.41, 5.74) is 0. The third kappa shape index (κ3) is 2.82. The summed E-state index contributed by atoms with van der Waals surface area (Å²) >= 11 is 0. The van der Waals surface area contributed by atoms with Gasteiger partial charge in [-0.1, -0.05) is 0 Å². The standard InChI is InChI=1S/C18H16O3P/c19-17-13-7-8-14-18(17)21-22(20,15-9-3-1-4-10-15)16-11-5-2-6-12-16/h1-14,19,22H. The van der Waals surface area contributed by atoms with Crippen LogP contribution in [0, 0.1) is 0 Å². The molecule has 3 rings (SSSR count). The van der Waals surface area contributed by atoms with Crippen molar-refractivity contribution in [2.24, 2.45) is 0 Å². The summed E-state index contributed by atoms with van der Waals surface area (Å²) in [7, 11) is -3.68. The first-order valence-corrected chi connectivity index (χ1v) is 8.80. The van der Waals surface area contributed by atoms with Crippen LogP contribution in [-0.4, -0.2) is 5.11 Å². The van der Waals surface area contributed by atoms with E-state index in [9.17, 15) is 10.00 Å². The molecule has 0 bridgehead atoms. The van der Waals surface area contributed by atoms with Gasteiger partial charge < -0.3 is 0 Å². The van der Waals surface area contributed by atoms with Crippen molar-refractivity contribution in [2.45, 2.75) is 0 Å². The van der Waals surface area contributed by atoms with Crippen molar-refractivity contribution in [1.82, 2.24) is 0 Å². The van der Waals surface area contributed by atoms with Gasteiger partial charge in [0.1, 0.15) is 0 Å². The molecule has 0 saturated heterocycles. The Morgan fingerprint density at radius 1 is 0.682 bits per heavy atom. The van der Waals surface area contributed by atoms with Crippen molar-refractivity contribution in [1.29, 1.82) is 0 Å². The normalized spacial score (nSPS) is 11.9. The number of benzene rings is 3. The summed E-state index contributed by atoms with van der Waals surface area (Å²) < 4.78 is 5.84. The quantitative estimate of drug-likeness (QED) is 0.750. The monoisotopic (exact) mass is 311 g/mol. The Balaban J connectivity index is 2.10. The Bertz CT molecular complexity index is 705. The molecule has 0 fully saturated rings. The average molecular weight is 311 g/mol. The fourth-order valence-corrected chi connectivity index (χ4v) is 4.61. The van der Waals surface area contributed by atoms with Crippen LogP contribution in [-0.2, 0) is 4.89 Å². The number of para-hydroxylation sites is 2. The predicted molar refractivity (Wildman–Crippen MR) is 89.9 cm³/mol. The van der Waals surface area contributed by atoms with E-state index in [2.05, 4.69) is 0 Å². The third-order valence-electron chi connectivity index (χ3n) is 3.43. The third-order valence-corrected chi connectivity index (χ3v) is 6.12. The van der Waals surface area contributed by atoms with Gasteiger partial charge in [0.05, 0.1) is 0 Å². The Morgan fingerprint density at radius 2 is 1.14 bits per heavy atom. The van der Waals surface area contributed by atoms with Gasteiger partial charge in [-0.3, -0.25) is 0 Å². The van der Waals surface area contributed by atoms with Crippen LogP contribution in [0.4, 0.5) is 0 Å². The van der Waals surface area contributed by atoms with Crippen molar-refractivity contribution in [3.8, 4) is 11.5 Å². The molecule has 0 saturated carbocycles. The maximum absolute atomic E-state index is 13.6. The number of phenols is 1. The van der Waals surface area contributed by atoms with Crippen molar-refractivity contribution in [3.05, 3.63) is 84.9 Å². The van der Waals surface area contributed by atoms with Crippen molar-refractivity contribution >= 4 is 18.3 Å². The van der Waals surface area contributed by atoms with E-state index in [1.807, 2.05) is 36.4 Å². The molecule has 3 nitrogen and oxygen atoms in total. The predicted octanol–water partition coefficient (Wildman–Crippen LogP) is 3.43. The molecule has 4 heteroatoms. The van der Waals surface area contributed by atoms with E-state index in [0.29, 0.717) is 10.6 Å². The van der Waals surface area contributed by atoms with Gasteiger partial charge in [0, 0.05) is 0 Å². The van der Waals surface area contributed by atoms with Crippen molar-refractivity contribution < 1.29 is 14.5 Å². The first-order chi connectivity index (χ1) is 10.7. The van der Waals surface area contributed by atoms with Gasteiger partial charge in [-0.2, -0.15) is 0 Å². The molecule has 0 aliphatic heterocycles. The molecule has 1 N–H and O–H groups in total. The molecule has 3 aromatic rings. The minimum atomic E-state index is -3.68. The molecule has 0 aromatic heterocycles. The Morgan fingerprint density at radius 3 is 1.64 bits per heavy atom. The molecule has 0 amide bonds. The Labute approximate surface area is 130 Å². The van der Waals surface area contributed by atoms with Crippen LogP contribution in [0.5, 0.6) is 11.5 Å². The molecule has 0 aliphatic rings. The Kier molecular flexibility index (Phi) is 4.10. The minimum absolute atomic E-state index is 0.0258. The van der Waals surface area contributed by atoms with E-state index in [1.165, 1.54) is 6.07 Å². The van der Waals surface area contributed by atoms with Gasteiger partial charge in [-0.25, -0.2) is 0 Å². The molecule has 1 radical (unpaired) electrons. The van der Waals surface area contributed by atoms with Gasteiger partial charge in [0.25, 0.3) is 0 Å². The van der Waals surface area contributed by atoms with Crippen LogP contribution in [0.3, 0.4) is 0 Å². The van der Waals surface area contributed by atoms with Crippen molar-refractivity contribution in [3.63, 3.8) is 0 Å². The molecule has 111 valence electrons. The van der Waals surface area contributed by atoms with Crippen LogP contribution >= 0.6 is 7.72 Å². The fourth-order valence-electron chi connectivity index (χ4n) is 2.30. The summed E-state index contributed by atoms with van der Waals surface area (Å²) in [5, 5.41) is 11.2. The van der Waals surface area contributed by atoms with E-state index in [1.54, 1.807) is 42.5 Å². The zero-order valence-electron chi connectivity index (χ0n) is 11.8. The van der Waals surface area contributed by atoms with Gasteiger partial charge in [-0.05, 0) is 0 Å². The van der Waals surface area contributed by atoms with Crippen LogP contribution < -0.4 is 15.1 Å². The topological polar surface area (TPSA) is 49.4 Å². The molecule has 0 atom stereocenters.